The van der Waals surface area contributed by atoms with Crippen molar-refractivity contribution in [3.8, 4) is 17.2 Å². The zero-order chi connectivity index (χ0) is 24.1. The van der Waals surface area contributed by atoms with Crippen molar-refractivity contribution in [1.29, 1.82) is 0 Å². The molecule has 4 rings (SSSR count). The lowest BCUT2D eigenvalue weighted by atomic mass is 10.2. The minimum absolute atomic E-state index is 0.0700. The third-order valence-electron chi connectivity index (χ3n) is 5.16. The molecule has 0 saturated heterocycles. The molecule has 178 valence electrons. The quantitative estimate of drug-likeness (QED) is 0.474. The van der Waals surface area contributed by atoms with Gasteiger partial charge in [-0.1, -0.05) is 23.7 Å². The number of amides is 1. The summed E-state index contributed by atoms with van der Waals surface area (Å²) in [4.78, 5) is 12.9. The van der Waals surface area contributed by atoms with Crippen LogP contribution in [0.1, 0.15) is 0 Å². The molecule has 3 aromatic rings. The predicted octanol–water partition coefficient (Wildman–Crippen LogP) is 3.50. The number of halogens is 1. The SMILES string of the molecule is COc1ccc(OCCNC(=O)[C@@H]2CN(S(=O)(=O)c3ccc(Cl)cc3)c3ccccc3O2)cc1. The smallest absolute Gasteiger partial charge is 0.264 e. The number of para-hydroxylation sites is 2. The lowest BCUT2D eigenvalue weighted by Crippen LogP contribution is -2.51. The first-order valence-electron chi connectivity index (χ1n) is 10.5. The van der Waals surface area contributed by atoms with Gasteiger partial charge in [0.15, 0.2) is 6.10 Å². The van der Waals surface area contributed by atoms with E-state index in [1.807, 2.05) is 0 Å². The van der Waals surface area contributed by atoms with Gasteiger partial charge in [0.25, 0.3) is 15.9 Å². The number of anilines is 1. The maximum Gasteiger partial charge on any atom is 0.264 e. The van der Waals surface area contributed by atoms with Crippen molar-refractivity contribution in [2.24, 2.45) is 0 Å². The molecule has 34 heavy (non-hydrogen) atoms. The van der Waals surface area contributed by atoms with Gasteiger partial charge in [-0.15, -0.1) is 0 Å². The van der Waals surface area contributed by atoms with Crippen LogP contribution in [0, 0.1) is 0 Å². The van der Waals surface area contributed by atoms with Crippen molar-refractivity contribution in [3.63, 3.8) is 0 Å². The van der Waals surface area contributed by atoms with Crippen LogP contribution in [0.15, 0.2) is 77.7 Å². The lowest BCUT2D eigenvalue weighted by Gasteiger charge is -2.34. The fourth-order valence-corrected chi connectivity index (χ4v) is 5.03. The summed E-state index contributed by atoms with van der Waals surface area (Å²) in [6.45, 7) is 0.275. The molecule has 3 aromatic carbocycles. The Morgan fingerprint density at radius 2 is 1.74 bits per heavy atom. The van der Waals surface area contributed by atoms with Crippen LogP contribution in [0.5, 0.6) is 17.2 Å². The number of benzene rings is 3. The molecule has 0 aliphatic carbocycles. The Balaban J connectivity index is 1.43. The molecule has 0 unspecified atom stereocenters. The minimum atomic E-state index is -3.95. The normalized spacial score (nSPS) is 15.1. The first-order chi connectivity index (χ1) is 16.4. The van der Waals surface area contributed by atoms with Crippen LogP contribution >= 0.6 is 11.6 Å². The third-order valence-corrected chi connectivity index (χ3v) is 7.20. The van der Waals surface area contributed by atoms with Crippen molar-refractivity contribution in [3.05, 3.63) is 77.8 Å². The average Bonchev–Trinajstić information content (AvgIpc) is 2.86. The van der Waals surface area contributed by atoms with Gasteiger partial charge in [0, 0.05) is 5.02 Å². The zero-order valence-corrected chi connectivity index (χ0v) is 19.9. The van der Waals surface area contributed by atoms with Crippen LogP contribution in [0.3, 0.4) is 0 Å². The monoisotopic (exact) mass is 502 g/mol. The highest BCUT2D eigenvalue weighted by Crippen LogP contribution is 2.36. The first kappa shape index (κ1) is 23.7. The van der Waals surface area contributed by atoms with Crippen LogP contribution in [-0.2, 0) is 14.8 Å². The molecule has 1 heterocycles. The molecular weight excluding hydrogens is 480 g/mol. The standard InChI is InChI=1S/C24H23ClN2O6S/c1-31-18-8-10-19(11-9-18)32-15-14-26-24(28)23-16-27(21-4-2-3-5-22(21)33-23)34(29,30)20-12-6-17(25)7-13-20/h2-13,23H,14-16H2,1H3,(H,26,28)/t23-/m0/s1. The Hall–Kier alpha value is -3.43. The number of methoxy groups -OCH3 is 1. The van der Waals surface area contributed by atoms with Gasteiger partial charge in [-0.2, -0.15) is 0 Å². The van der Waals surface area contributed by atoms with E-state index in [4.69, 9.17) is 25.8 Å². The van der Waals surface area contributed by atoms with E-state index in [0.717, 1.165) is 0 Å². The fourth-order valence-electron chi connectivity index (χ4n) is 3.43. The van der Waals surface area contributed by atoms with E-state index in [9.17, 15) is 13.2 Å². The Morgan fingerprint density at radius 1 is 1.06 bits per heavy atom. The molecule has 8 nitrogen and oxygen atoms in total. The number of hydrogen-bond donors (Lipinski definition) is 1. The summed E-state index contributed by atoms with van der Waals surface area (Å²) in [5, 5.41) is 3.17. The second-order valence-corrected chi connectivity index (χ2v) is 9.68. The van der Waals surface area contributed by atoms with Crippen LogP contribution in [-0.4, -0.2) is 47.2 Å². The summed E-state index contributed by atoms with van der Waals surface area (Å²) in [6, 6.07) is 19.7. The number of nitrogens with zero attached hydrogens (tertiary/aromatic N) is 1. The largest absolute Gasteiger partial charge is 0.497 e. The van der Waals surface area contributed by atoms with E-state index >= 15 is 0 Å². The van der Waals surface area contributed by atoms with Gasteiger partial charge >= 0.3 is 0 Å². The molecule has 0 bridgehead atoms. The van der Waals surface area contributed by atoms with Gasteiger partial charge < -0.3 is 19.5 Å². The average molecular weight is 503 g/mol. The molecule has 0 aromatic heterocycles. The van der Waals surface area contributed by atoms with Gasteiger partial charge in [-0.25, -0.2) is 8.42 Å². The first-order valence-corrected chi connectivity index (χ1v) is 12.3. The fraction of sp³-hybridized carbons (Fsp3) is 0.208. The molecule has 10 heteroatoms. The highest BCUT2D eigenvalue weighted by Gasteiger charge is 2.37. The molecule has 1 amide bonds. The van der Waals surface area contributed by atoms with Gasteiger partial charge in [0.05, 0.1) is 30.8 Å². The maximum absolute atomic E-state index is 13.4. The highest BCUT2D eigenvalue weighted by molar-refractivity contribution is 7.92. The summed E-state index contributed by atoms with van der Waals surface area (Å²) in [7, 11) is -2.36. The maximum atomic E-state index is 13.4. The van der Waals surface area contributed by atoms with E-state index in [1.165, 1.54) is 28.6 Å². The van der Waals surface area contributed by atoms with Crippen molar-refractivity contribution in [1.82, 2.24) is 5.32 Å². The van der Waals surface area contributed by atoms with Crippen LogP contribution in [0.2, 0.25) is 5.02 Å². The van der Waals surface area contributed by atoms with Crippen molar-refractivity contribution >= 4 is 33.2 Å². The number of carbonyl (C=O) groups is 1. The Labute approximate surface area is 203 Å². The predicted molar refractivity (Wildman–Crippen MR) is 128 cm³/mol. The van der Waals surface area contributed by atoms with Crippen molar-refractivity contribution in [2.45, 2.75) is 11.0 Å². The highest BCUT2D eigenvalue weighted by atomic mass is 35.5. The Kier molecular flexibility index (Phi) is 7.14. The van der Waals surface area contributed by atoms with Crippen molar-refractivity contribution < 1.29 is 27.4 Å². The van der Waals surface area contributed by atoms with E-state index in [2.05, 4.69) is 5.32 Å². The van der Waals surface area contributed by atoms with Crippen molar-refractivity contribution in [2.75, 3.05) is 31.1 Å². The summed E-state index contributed by atoms with van der Waals surface area (Å²) in [5.41, 5.74) is 0.365. The summed E-state index contributed by atoms with van der Waals surface area (Å²) in [6.07, 6.45) is -1.03. The number of nitrogens with one attached hydrogen (secondary N) is 1. The molecule has 1 aliphatic rings. The summed E-state index contributed by atoms with van der Waals surface area (Å²) < 4.78 is 44.4. The molecule has 1 atom stereocenters. The number of sulfonamides is 1. The molecule has 1 aliphatic heterocycles. The Bertz CT molecular complexity index is 1250. The van der Waals surface area contributed by atoms with Crippen LogP contribution in [0.25, 0.3) is 0 Å². The zero-order valence-electron chi connectivity index (χ0n) is 18.3. The van der Waals surface area contributed by atoms with Gasteiger partial charge in [0.2, 0.25) is 0 Å². The molecular formula is C24H23ClN2O6S. The second-order valence-electron chi connectivity index (χ2n) is 7.38. The molecule has 0 saturated carbocycles. The van der Waals surface area contributed by atoms with E-state index in [-0.39, 0.29) is 24.6 Å². The molecule has 1 N–H and O–H groups in total. The van der Waals surface area contributed by atoms with Crippen LogP contribution in [0.4, 0.5) is 5.69 Å². The molecule has 0 fully saturated rings. The lowest BCUT2D eigenvalue weighted by molar-refractivity contribution is -0.127. The number of ether oxygens (including phenoxy) is 3. The molecule has 0 spiro atoms. The van der Waals surface area contributed by atoms with Gasteiger partial charge in [0.1, 0.15) is 23.9 Å². The number of carbonyl (C=O) groups excluding carboxylic acids is 1. The van der Waals surface area contributed by atoms with E-state index < -0.39 is 22.0 Å². The van der Waals surface area contributed by atoms with E-state index in [0.29, 0.717) is 28.0 Å². The minimum Gasteiger partial charge on any atom is -0.497 e. The van der Waals surface area contributed by atoms with Gasteiger partial charge in [-0.05, 0) is 60.7 Å². The number of fused-ring (bicyclic) bond motifs is 1. The number of rotatable bonds is 8. The van der Waals surface area contributed by atoms with Crippen LogP contribution < -0.4 is 23.8 Å². The number of hydrogen-bond acceptors (Lipinski definition) is 6. The molecule has 0 radical (unpaired) electrons. The van der Waals surface area contributed by atoms with E-state index in [1.54, 1.807) is 55.6 Å². The second kappa shape index (κ2) is 10.2. The summed E-state index contributed by atoms with van der Waals surface area (Å²) >= 11 is 5.91. The summed E-state index contributed by atoms with van der Waals surface area (Å²) in [5.74, 6) is 1.22. The van der Waals surface area contributed by atoms with Gasteiger partial charge in [-0.3, -0.25) is 9.10 Å². The topological polar surface area (TPSA) is 94.2 Å². The Morgan fingerprint density at radius 3 is 2.44 bits per heavy atom. The third kappa shape index (κ3) is 5.21.